The maximum Gasteiger partial charge on any atom is 0.225 e. The van der Waals surface area contributed by atoms with Gasteiger partial charge in [0.05, 0.1) is 12.8 Å². The average Bonchev–Trinajstić information content (AvgIpc) is 2.51. The molecule has 122 valence electrons. The zero-order valence-electron chi connectivity index (χ0n) is 13.5. The molecule has 0 bridgehead atoms. The number of amides is 1. The number of rotatable bonds is 6. The summed E-state index contributed by atoms with van der Waals surface area (Å²) < 4.78 is 5.22. The van der Waals surface area contributed by atoms with Crippen LogP contribution in [0, 0.1) is 13.8 Å². The Kier molecular flexibility index (Phi) is 6.37. The van der Waals surface area contributed by atoms with E-state index in [9.17, 15) is 4.79 Å². The van der Waals surface area contributed by atoms with Crippen molar-refractivity contribution in [2.45, 2.75) is 25.2 Å². The summed E-state index contributed by atoms with van der Waals surface area (Å²) in [6.07, 6.45) is 0.424. The molecule has 0 aliphatic rings. The summed E-state index contributed by atoms with van der Waals surface area (Å²) in [6, 6.07) is 11.5. The average molecular weight is 350 g/mol. The zero-order valence-corrected chi connectivity index (χ0v) is 15.1. The van der Waals surface area contributed by atoms with Gasteiger partial charge in [-0.25, -0.2) is 0 Å². The molecule has 0 unspecified atom stereocenters. The number of anilines is 1. The predicted octanol–water partition coefficient (Wildman–Crippen LogP) is 5.09. The molecule has 23 heavy (non-hydrogen) atoms. The van der Waals surface area contributed by atoms with Gasteiger partial charge in [0, 0.05) is 22.1 Å². The molecule has 0 aromatic heterocycles. The van der Waals surface area contributed by atoms with Crippen LogP contribution >= 0.6 is 23.4 Å². The quantitative estimate of drug-likeness (QED) is 0.738. The van der Waals surface area contributed by atoms with E-state index in [1.165, 1.54) is 16.0 Å². The first-order valence-electron chi connectivity index (χ1n) is 7.33. The molecule has 1 N–H and O–H groups in total. The van der Waals surface area contributed by atoms with Crippen molar-refractivity contribution >= 4 is 35.0 Å². The van der Waals surface area contributed by atoms with E-state index in [2.05, 4.69) is 37.4 Å². The van der Waals surface area contributed by atoms with Gasteiger partial charge in [-0.15, -0.1) is 11.8 Å². The summed E-state index contributed by atoms with van der Waals surface area (Å²) >= 11 is 7.64. The highest BCUT2D eigenvalue weighted by Gasteiger charge is 2.08. The van der Waals surface area contributed by atoms with E-state index in [0.29, 0.717) is 22.9 Å². The molecular formula is C18H20ClNO2S. The smallest absolute Gasteiger partial charge is 0.225 e. The third-order valence-electron chi connectivity index (χ3n) is 3.51. The lowest BCUT2D eigenvalue weighted by Gasteiger charge is -2.10. The number of halogens is 1. The Morgan fingerprint density at radius 3 is 2.65 bits per heavy atom. The third kappa shape index (κ3) is 5.19. The number of thioether (sulfide) groups is 1. The van der Waals surface area contributed by atoms with Crippen molar-refractivity contribution in [2.75, 3.05) is 18.2 Å². The number of carbonyl (C=O) groups excluding carboxylic acids is 1. The van der Waals surface area contributed by atoms with Crippen LogP contribution in [0.5, 0.6) is 5.75 Å². The number of nitrogens with one attached hydrogen (secondary N) is 1. The van der Waals surface area contributed by atoms with Crippen LogP contribution in [0.2, 0.25) is 5.02 Å². The van der Waals surface area contributed by atoms with E-state index >= 15 is 0 Å². The van der Waals surface area contributed by atoms with Gasteiger partial charge in [-0.05, 0) is 55.3 Å². The van der Waals surface area contributed by atoms with E-state index < -0.39 is 0 Å². The molecule has 0 atom stereocenters. The van der Waals surface area contributed by atoms with Gasteiger partial charge >= 0.3 is 0 Å². The fourth-order valence-electron chi connectivity index (χ4n) is 2.06. The number of aryl methyl sites for hydroxylation is 2. The molecule has 1 amide bonds. The van der Waals surface area contributed by atoms with Gasteiger partial charge in [0.15, 0.2) is 0 Å². The molecule has 0 heterocycles. The minimum absolute atomic E-state index is 0.0538. The largest absolute Gasteiger partial charge is 0.495 e. The second-order valence-corrected chi connectivity index (χ2v) is 6.84. The first kappa shape index (κ1) is 17.7. The maximum absolute atomic E-state index is 12.1. The van der Waals surface area contributed by atoms with E-state index in [-0.39, 0.29) is 5.91 Å². The highest BCUT2D eigenvalue weighted by molar-refractivity contribution is 7.99. The Morgan fingerprint density at radius 1 is 1.17 bits per heavy atom. The topological polar surface area (TPSA) is 38.3 Å². The van der Waals surface area contributed by atoms with Crippen molar-refractivity contribution in [3.8, 4) is 5.75 Å². The molecule has 2 aromatic rings. The van der Waals surface area contributed by atoms with Crippen LogP contribution in [0.1, 0.15) is 17.5 Å². The summed E-state index contributed by atoms with van der Waals surface area (Å²) in [5.41, 5.74) is 3.14. The number of hydrogen-bond donors (Lipinski definition) is 1. The van der Waals surface area contributed by atoms with E-state index in [1.54, 1.807) is 37.1 Å². The minimum Gasteiger partial charge on any atom is -0.495 e. The predicted molar refractivity (Wildman–Crippen MR) is 97.9 cm³/mol. The molecule has 2 aromatic carbocycles. The Morgan fingerprint density at radius 2 is 1.96 bits per heavy atom. The van der Waals surface area contributed by atoms with Gasteiger partial charge in [-0.1, -0.05) is 17.7 Å². The van der Waals surface area contributed by atoms with Gasteiger partial charge in [0.2, 0.25) is 5.91 Å². The second-order valence-electron chi connectivity index (χ2n) is 5.24. The van der Waals surface area contributed by atoms with E-state index in [1.807, 2.05) is 0 Å². The summed E-state index contributed by atoms with van der Waals surface area (Å²) in [6.45, 7) is 4.19. The van der Waals surface area contributed by atoms with Crippen LogP contribution in [-0.2, 0) is 4.79 Å². The van der Waals surface area contributed by atoms with Crippen LogP contribution in [0.15, 0.2) is 41.3 Å². The number of ether oxygens (including phenoxy) is 1. The first-order valence-corrected chi connectivity index (χ1v) is 8.69. The van der Waals surface area contributed by atoms with Crippen molar-refractivity contribution < 1.29 is 9.53 Å². The third-order valence-corrected chi connectivity index (χ3v) is 4.74. The zero-order chi connectivity index (χ0) is 16.8. The molecule has 3 nitrogen and oxygen atoms in total. The number of benzene rings is 2. The van der Waals surface area contributed by atoms with Gasteiger partial charge in [0.1, 0.15) is 5.75 Å². The molecule has 2 rings (SSSR count). The van der Waals surface area contributed by atoms with Gasteiger partial charge in [0.25, 0.3) is 0 Å². The summed E-state index contributed by atoms with van der Waals surface area (Å²) in [4.78, 5) is 13.3. The minimum atomic E-state index is -0.0538. The van der Waals surface area contributed by atoms with Crippen molar-refractivity contribution in [1.29, 1.82) is 0 Å². The molecule has 0 radical (unpaired) electrons. The standard InChI is InChI=1S/C18H20ClNO2S/c1-12-4-6-15(10-13(12)2)23-9-8-18(21)20-16-11-14(19)5-7-17(16)22-3/h4-7,10-11H,8-9H2,1-3H3,(H,20,21). The Hall–Kier alpha value is -1.65. The van der Waals surface area contributed by atoms with Crippen LogP contribution in [0.25, 0.3) is 0 Å². The number of methoxy groups -OCH3 is 1. The van der Waals surface area contributed by atoms with Crippen molar-refractivity contribution in [3.63, 3.8) is 0 Å². The van der Waals surface area contributed by atoms with Crippen LogP contribution in [0.4, 0.5) is 5.69 Å². The Balaban J connectivity index is 1.88. The molecule has 0 aliphatic heterocycles. The summed E-state index contributed by atoms with van der Waals surface area (Å²) in [5.74, 6) is 1.27. The molecule has 0 fully saturated rings. The van der Waals surface area contributed by atoms with Gasteiger partial charge < -0.3 is 10.1 Å². The van der Waals surface area contributed by atoms with Gasteiger partial charge in [-0.3, -0.25) is 4.79 Å². The van der Waals surface area contributed by atoms with E-state index in [4.69, 9.17) is 16.3 Å². The Bertz CT molecular complexity index is 703. The molecule has 0 saturated carbocycles. The van der Waals surface area contributed by atoms with E-state index in [0.717, 1.165) is 5.75 Å². The van der Waals surface area contributed by atoms with Crippen molar-refractivity contribution in [3.05, 3.63) is 52.5 Å². The highest BCUT2D eigenvalue weighted by atomic mass is 35.5. The van der Waals surface area contributed by atoms with Crippen molar-refractivity contribution in [1.82, 2.24) is 0 Å². The summed E-state index contributed by atoms with van der Waals surface area (Å²) in [5, 5.41) is 3.41. The maximum atomic E-state index is 12.1. The molecule has 0 spiro atoms. The number of carbonyl (C=O) groups is 1. The summed E-state index contributed by atoms with van der Waals surface area (Å²) in [7, 11) is 1.56. The van der Waals surface area contributed by atoms with Crippen LogP contribution < -0.4 is 10.1 Å². The fraction of sp³-hybridized carbons (Fsp3) is 0.278. The van der Waals surface area contributed by atoms with Crippen molar-refractivity contribution in [2.24, 2.45) is 0 Å². The normalized spacial score (nSPS) is 10.4. The molecule has 5 heteroatoms. The lowest BCUT2D eigenvalue weighted by atomic mass is 10.1. The van der Waals surface area contributed by atoms with Gasteiger partial charge in [-0.2, -0.15) is 0 Å². The van der Waals surface area contributed by atoms with Crippen LogP contribution in [0.3, 0.4) is 0 Å². The fourth-order valence-corrected chi connectivity index (χ4v) is 3.18. The SMILES string of the molecule is COc1ccc(Cl)cc1NC(=O)CCSc1ccc(C)c(C)c1. The first-order chi connectivity index (χ1) is 11.0. The lowest BCUT2D eigenvalue weighted by molar-refractivity contribution is -0.115. The highest BCUT2D eigenvalue weighted by Crippen LogP contribution is 2.28. The molecular weight excluding hydrogens is 330 g/mol. The Labute approximate surface area is 146 Å². The van der Waals surface area contributed by atoms with Crippen LogP contribution in [-0.4, -0.2) is 18.8 Å². The monoisotopic (exact) mass is 349 g/mol. The molecule has 0 saturated heterocycles. The lowest BCUT2D eigenvalue weighted by Crippen LogP contribution is -2.13. The second kappa shape index (κ2) is 8.27. The molecule has 0 aliphatic carbocycles. The number of hydrogen-bond acceptors (Lipinski definition) is 3.